The number of hydrogen-bond donors (Lipinski definition) is 4. The second-order valence-corrected chi connectivity index (χ2v) is 6.48. The van der Waals surface area contributed by atoms with Crippen molar-refractivity contribution in [2.45, 2.75) is 9.79 Å². The van der Waals surface area contributed by atoms with Gasteiger partial charge in [0.25, 0.3) is 0 Å². The van der Waals surface area contributed by atoms with Crippen LogP contribution in [0.25, 0.3) is 0 Å². The second kappa shape index (κ2) is 4.40. The van der Waals surface area contributed by atoms with Gasteiger partial charge in [0, 0.05) is 5.02 Å². The first kappa shape index (κ1) is 14.2. The van der Waals surface area contributed by atoms with Crippen LogP contribution in [0.4, 0.5) is 5.69 Å². The van der Waals surface area contributed by atoms with Crippen LogP contribution in [0, 0.1) is 0 Å². The van der Waals surface area contributed by atoms with Crippen LogP contribution in [0.15, 0.2) is 21.9 Å². The summed E-state index contributed by atoms with van der Waals surface area (Å²) >= 11 is 5.61. The number of rotatable bonds is 3. The molecule has 17 heavy (non-hydrogen) atoms. The molecular weight excluding hydrogens is 292 g/mol. The molecule has 1 aromatic carbocycles. The SMILES string of the molecule is NNc1cc(Cl)cc(S(N)(=O)=O)c1S(N)(=O)=O. The number of hydrogen-bond acceptors (Lipinski definition) is 6. The summed E-state index contributed by atoms with van der Waals surface area (Å²) in [4.78, 5) is -1.45. The molecule has 0 aliphatic carbocycles. The number of benzene rings is 1. The first-order valence-electron chi connectivity index (χ1n) is 3.93. The van der Waals surface area contributed by atoms with E-state index in [0.717, 1.165) is 12.1 Å². The van der Waals surface area contributed by atoms with Gasteiger partial charge in [0.2, 0.25) is 20.0 Å². The maximum absolute atomic E-state index is 11.3. The molecule has 1 aromatic rings. The summed E-state index contributed by atoms with van der Waals surface area (Å²) in [6.45, 7) is 0. The van der Waals surface area contributed by atoms with Gasteiger partial charge in [0.15, 0.2) is 0 Å². The van der Waals surface area contributed by atoms with E-state index in [0.29, 0.717) is 0 Å². The average Bonchev–Trinajstić information content (AvgIpc) is 2.12. The Hall–Kier alpha value is -0.910. The van der Waals surface area contributed by atoms with Crippen molar-refractivity contribution in [3.63, 3.8) is 0 Å². The molecule has 0 aliphatic heterocycles. The van der Waals surface area contributed by atoms with Gasteiger partial charge in [-0.15, -0.1) is 0 Å². The minimum absolute atomic E-state index is 0.0608. The first-order valence-corrected chi connectivity index (χ1v) is 7.40. The van der Waals surface area contributed by atoms with Gasteiger partial charge in [-0.3, -0.25) is 5.84 Å². The maximum Gasteiger partial charge on any atom is 0.241 e. The highest BCUT2D eigenvalue weighted by atomic mass is 35.5. The molecule has 96 valence electrons. The number of hydrazine groups is 1. The van der Waals surface area contributed by atoms with Crippen LogP contribution < -0.4 is 21.5 Å². The van der Waals surface area contributed by atoms with Gasteiger partial charge >= 0.3 is 0 Å². The number of halogens is 1. The van der Waals surface area contributed by atoms with E-state index in [1.54, 1.807) is 0 Å². The van der Waals surface area contributed by atoms with Crippen molar-refractivity contribution < 1.29 is 16.8 Å². The van der Waals surface area contributed by atoms with E-state index in [4.69, 9.17) is 27.7 Å². The first-order chi connectivity index (χ1) is 7.57. The van der Waals surface area contributed by atoms with Crippen molar-refractivity contribution in [3.05, 3.63) is 17.2 Å². The van der Waals surface area contributed by atoms with Gasteiger partial charge in [0.1, 0.15) is 9.79 Å². The molecule has 0 saturated heterocycles. The number of anilines is 1. The third-order valence-electron chi connectivity index (χ3n) is 1.77. The predicted octanol–water partition coefficient (Wildman–Crippen LogP) is -1.08. The minimum atomic E-state index is -4.34. The Bertz CT molecular complexity index is 655. The Balaban J connectivity index is 3.89. The number of sulfonamides is 2. The largest absolute Gasteiger partial charge is 0.323 e. The summed E-state index contributed by atoms with van der Waals surface area (Å²) in [5, 5.41) is 9.71. The molecular formula is C6H9ClN4O4S2. The molecule has 11 heteroatoms. The monoisotopic (exact) mass is 300 g/mol. The van der Waals surface area contributed by atoms with Crippen molar-refractivity contribution in [3.8, 4) is 0 Å². The topological polar surface area (TPSA) is 158 Å². The minimum Gasteiger partial charge on any atom is -0.323 e. The Labute approximate surface area is 103 Å². The van der Waals surface area contributed by atoms with Crippen LogP contribution in [0.3, 0.4) is 0 Å². The lowest BCUT2D eigenvalue weighted by Crippen LogP contribution is -2.23. The molecule has 0 spiro atoms. The summed E-state index contributed by atoms with van der Waals surface area (Å²) < 4.78 is 45.1. The molecule has 0 saturated carbocycles. The lowest BCUT2D eigenvalue weighted by molar-refractivity contribution is 0.584. The van der Waals surface area contributed by atoms with Crippen LogP contribution in [-0.4, -0.2) is 16.8 Å². The second-order valence-electron chi connectivity index (χ2n) is 3.01. The molecule has 0 heterocycles. The normalized spacial score (nSPS) is 12.5. The standard InChI is InChI=1S/C6H9ClN4O4S2/c7-3-1-4(11-8)6(17(10,14)15)5(2-3)16(9,12)13/h1-2,11H,8H2,(H2,9,12,13)(H2,10,14,15). The molecule has 0 atom stereocenters. The molecule has 0 fully saturated rings. The average molecular weight is 301 g/mol. The highest BCUT2D eigenvalue weighted by molar-refractivity contribution is 7.92. The Kier molecular flexibility index (Phi) is 3.66. The van der Waals surface area contributed by atoms with Gasteiger partial charge in [-0.1, -0.05) is 11.6 Å². The smallest absolute Gasteiger partial charge is 0.241 e. The summed E-state index contributed by atoms with van der Waals surface area (Å²) in [5.74, 6) is 5.06. The lowest BCUT2D eigenvalue weighted by Gasteiger charge is -2.11. The Morgan fingerprint density at radius 1 is 1.06 bits per heavy atom. The van der Waals surface area contributed by atoms with Crippen LogP contribution in [0.2, 0.25) is 5.02 Å². The van der Waals surface area contributed by atoms with Crippen LogP contribution in [0.5, 0.6) is 0 Å². The predicted molar refractivity (Wildman–Crippen MR) is 62.0 cm³/mol. The molecule has 8 nitrogen and oxygen atoms in total. The van der Waals surface area contributed by atoms with Gasteiger partial charge in [0.05, 0.1) is 5.69 Å². The molecule has 0 radical (unpaired) electrons. The van der Waals surface area contributed by atoms with Crippen LogP contribution >= 0.6 is 11.6 Å². The van der Waals surface area contributed by atoms with Gasteiger partial charge in [-0.25, -0.2) is 27.1 Å². The molecule has 0 bridgehead atoms. The zero-order chi connectivity index (χ0) is 13.4. The van der Waals surface area contributed by atoms with Crippen molar-refractivity contribution in [2.24, 2.45) is 16.1 Å². The third kappa shape index (κ3) is 3.06. The number of nitrogens with one attached hydrogen (secondary N) is 1. The van der Waals surface area contributed by atoms with E-state index in [2.05, 4.69) is 0 Å². The van der Waals surface area contributed by atoms with Gasteiger partial charge in [-0.05, 0) is 12.1 Å². The van der Waals surface area contributed by atoms with Crippen LogP contribution in [-0.2, 0) is 20.0 Å². The summed E-state index contributed by atoms with van der Waals surface area (Å²) in [6, 6.07) is 1.98. The van der Waals surface area contributed by atoms with E-state index < -0.39 is 29.8 Å². The summed E-state index contributed by atoms with van der Waals surface area (Å²) in [6.07, 6.45) is 0. The van der Waals surface area contributed by atoms with Gasteiger partial charge < -0.3 is 5.43 Å². The Morgan fingerprint density at radius 2 is 1.59 bits per heavy atom. The molecule has 0 amide bonds. The zero-order valence-corrected chi connectivity index (χ0v) is 10.6. The van der Waals surface area contributed by atoms with E-state index >= 15 is 0 Å². The molecule has 1 rings (SSSR count). The molecule has 0 aromatic heterocycles. The van der Waals surface area contributed by atoms with E-state index in [9.17, 15) is 16.8 Å². The van der Waals surface area contributed by atoms with Crippen LogP contribution in [0.1, 0.15) is 0 Å². The highest BCUT2D eigenvalue weighted by Gasteiger charge is 2.26. The zero-order valence-electron chi connectivity index (χ0n) is 8.21. The molecule has 0 aliphatic rings. The fourth-order valence-corrected chi connectivity index (χ4v) is 3.58. The van der Waals surface area contributed by atoms with Crippen molar-refractivity contribution >= 4 is 37.3 Å². The highest BCUT2D eigenvalue weighted by Crippen LogP contribution is 2.30. The van der Waals surface area contributed by atoms with Crippen molar-refractivity contribution in [1.82, 2.24) is 0 Å². The molecule has 0 unspecified atom stereocenters. The fourth-order valence-electron chi connectivity index (χ4n) is 1.18. The van der Waals surface area contributed by atoms with Gasteiger partial charge in [-0.2, -0.15) is 0 Å². The van der Waals surface area contributed by atoms with E-state index in [1.165, 1.54) is 0 Å². The van der Waals surface area contributed by atoms with E-state index in [1.807, 2.05) is 5.43 Å². The number of primary sulfonamides is 2. The lowest BCUT2D eigenvalue weighted by atomic mass is 10.3. The quantitative estimate of drug-likeness (QED) is 0.410. The summed E-state index contributed by atoms with van der Waals surface area (Å²) in [5.41, 5.74) is 1.73. The summed E-state index contributed by atoms with van der Waals surface area (Å²) in [7, 11) is -8.65. The maximum atomic E-state index is 11.3. The number of nitrogen functional groups attached to an aromatic ring is 1. The molecule has 7 N–H and O–H groups in total. The van der Waals surface area contributed by atoms with Crippen molar-refractivity contribution in [2.75, 3.05) is 5.43 Å². The van der Waals surface area contributed by atoms with E-state index in [-0.39, 0.29) is 10.7 Å². The fraction of sp³-hybridized carbons (Fsp3) is 0. The third-order valence-corrected chi connectivity index (χ3v) is 4.06. The number of nitrogens with two attached hydrogens (primary N) is 3. The van der Waals surface area contributed by atoms with Crippen molar-refractivity contribution in [1.29, 1.82) is 0 Å². The Morgan fingerprint density at radius 3 is 1.94 bits per heavy atom.